The number of halogens is 1. The lowest BCUT2D eigenvalue weighted by Crippen LogP contribution is -2.38. The summed E-state index contributed by atoms with van der Waals surface area (Å²) in [5, 5.41) is 3.46. The van der Waals surface area contributed by atoms with E-state index in [1.807, 2.05) is 12.1 Å². The fourth-order valence-electron chi connectivity index (χ4n) is 3.25. The van der Waals surface area contributed by atoms with Gasteiger partial charge in [0.25, 0.3) is 5.91 Å². The van der Waals surface area contributed by atoms with Gasteiger partial charge >= 0.3 is 0 Å². The third kappa shape index (κ3) is 4.70. The molecule has 0 saturated carbocycles. The molecule has 5 heteroatoms. The van der Waals surface area contributed by atoms with Gasteiger partial charge in [0, 0.05) is 25.3 Å². The maximum Gasteiger partial charge on any atom is 0.260 e. The van der Waals surface area contributed by atoms with E-state index in [0.29, 0.717) is 17.3 Å². The lowest BCUT2D eigenvalue weighted by molar-refractivity contribution is -0.127. The van der Waals surface area contributed by atoms with Crippen LogP contribution >= 0.6 is 11.6 Å². The van der Waals surface area contributed by atoms with Crippen LogP contribution in [0.25, 0.3) is 0 Å². The Labute approximate surface area is 160 Å². The molecular formula is C21H25ClN2O2. The van der Waals surface area contributed by atoms with Gasteiger partial charge in [-0.3, -0.25) is 4.79 Å². The molecule has 138 valence electrons. The van der Waals surface area contributed by atoms with E-state index in [9.17, 15) is 4.79 Å². The van der Waals surface area contributed by atoms with Crippen molar-refractivity contribution >= 4 is 23.2 Å². The second kappa shape index (κ2) is 8.95. The van der Waals surface area contributed by atoms with Gasteiger partial charge in [-0.1, -0.05) is 41.9 Å². The number of para-hydroxylation sites is 2. The Morgan fingerprint density at radius 1 is 1.23 bits per heavy atom. The number of hydrogen-bond donors (Lipinski definition) is 1. The number of benzene rings is 2. The molecule has 1 N–H and O–H groups in total. The number of amides is 1. The number of rotatable bonds is 7. The number of aryl methyl sites for hydroxylation is 1. The number of carbonyl (C=O) groups excluding carboxylic acids is 1. The molecule has 1 unspecified atom stereocenters. The smallest absolute Gasteiger partial charge is 0.260 e. The first kappa shape index (κ1) is 18.6. The largest absolute Gasteiger partial charge is 0.479 e. The zero-order valence-corrected chi connectivity index (χ0v) is 15.8. The van der Waals surface area contributed by atoms with Crippen molar-refractivity contribution in [2.75, 3.05) is 24.5 Å². The van der Waals surface area contributed by atoms with Crippen LogP contribution in [-0.2, 0) is 11.2 Å². The lowest BCUT2D eigenvalue weighted by Gasteiger charge is -2.31. The molecule has 2 aromatic carbocycles. The van der Waals surface area contributed by atoms with Crippen molar-refractivity contribution in [2.45, 2.75) is 32.3 Å². The second-order valence-corrected chi connectivity index (χ2v) is 6.96. The standard InChI is InChI=1S/C21H25ClN2O2/c1-16(26-20-12-5-3-10-18(20)22)21(25)23-13-7-15-24-14-6-9-17-8-2-4-11-19(17)24/h2-5,8,10-12,16H,6-7,9,13-15H2,1H3,(H,23,25). The predicted molar refractivity (Wildman–Crippen MR) is 106 cm³/mol. The van der Waals surface area contributed by atoms with E-state index in [0.717, 1.165) is 25.9 Å². The highest BCUT2D eigenvalue weighted by molar-refractivity contribution is 6.32. The molecule has 0 radical (unpaired) electrons. The van der Waals surface area contributed by atoms with Crippen molar-refractivity contribution in [3.8, 4) is 5.75 Å². The van der Waals surface area contributed by atoms with Gasteiger partial charge in [0.2, 0.25) is 0 Å². The number of anilines is 1. The molecule has 2 aromatic rings. The first-order valence-corrected chi connectivity index (χ1v) is 9.54. The van der Waals surface area contributed by atoms with E-state index in [1.54, 1.807) is 19.1 Å². The fourth-order valence-corrected chi connectivity index (χ4v) is 3.43. The van der Waals surface area contributed by atoms with E-state index in [2.05, 4.69) is 34.5 Å². The zero-order chi connectivity index (χ0) is 18.4. The maximum absolute atomic E-state index is 12.2. The van der Waals surface area contributed by atoms with Gasteiger partial charge < -0.3 is 15.0 Å². The number of carbonyl (C=O) groups is 1. The van der Waals surface area contributed by atoms with Crippen molar-refractivity contribution in [1.29, 1.82) is 0 Å². The summed E-state index contributed by atoms with van der Waals surface area (Å²) >= 11 is 6.06. The van der Waals surface area contributed by atoms with Crippen LogP contribution < -0.4 is 15.0 Å². The first-order chi connectivity index (χ1) is 12.6. The molecule has 0 saturated heterocycles. The number of hydrogen-bond acceptors (Lipinski definition) is 3. The zero-order valence-electron chi connectivity index (χ0n) is 15.1. The third-order valence-electron chi connectivity index (χ3n) is 4.62. The molecule has 26 heavy (non-hydrogen) atoms. The minimum atomic E-state index is -0.578. The summed E-state index contributed by atoms with van der Waals surface area (Å²) in [7, 11) is 0. The van der Waals surface area contributed by atoms with E-state index < -0.39 is 6.10 Å². The fraction of sp³-hybridized carbons (Fsp3) is 0.381. The van der Waals surface area contributed by atoms with Crippen LogP contribution in [0.5, 0.6) is 5.75 Å². The Hall–Kier alpha value is -2.20. The Morgan fingerprint density at radius 2 is 2.00 bits per heavy atom. The normalized spacial score (nSPS) is 14.5. The Kier molecular flexibility index (Phi) is 6.40. The van der Waals surface area contributed by atoms with E-state index in [-0.39, 0.29) is 5.91 Å². The van der Waals surface area contributed by atoms with Crippen LogP contribution in [-0.4, -0.2) is 31.6 Å². The summed E-state index contributed by atoms with van der Waals surface area (Å²) in [6, 6.07) is 15.8. The van der Waals surface area contributed by atoms with Crippen LogP contribution in [0.15, 0.2) is 48.5 Å². The van der Waals surface area contributed by atoms with E-state index in [1.165, 1.54) is 17.7 Å². The summed E-state index contributed by atoms with van der Waals surface area (Å²) in [5.41, 5.74) is 2.75. The molecule has 0 bridgehead atoms. The quantitative estimate of drug-likeness (QED) is 0.745. The van der Waals surface area contributed by atoms with Gasteiger partial charge in [-0.05, 0) is 49.9 Å². The van der Waals surface area contributed by atoms with Crippen LogP contribution in [0.2, 0.25) is 5.02 Å². The molecule has 0 aromatic heterocycles. The van der Waals surface area contributed by atoms with E-state index >= 15 is 0 Å². The van der Waals surface area contributed by atoms with Crippen LogP contribution in [0.3, 0.4) is 0 Å². The minimum absolute atomic E-state index is 0.121. The van der Waals surface area contributed by atoms with Crippen molar-refractivity contribution in [1.82, 2.24) is 5.32 Å². The molecule has 1 aliphatic rings. The predicted octanol–water partition coefficient (Wildman–Crippen LogP) is 4.07. The van der Waals surface area contributed by atoms with Crippen molar-refractivity contribution in [3.63, 3.8) is 0 Å². The molecule has 1 amide bonds. The number of nitrogens with one attached hydrogen (secondary N) is 1. The summed E-state index contributed by atoms with van der Waals surface area (Å²) in [6.07, 6.45) is 2.66. The van der Waals surface area contributed by atoms with E-state index in [4.69, 9.17) is 16.3 Å². The summed E-state index contributed by atoms with van der Waals surface area (Å²) < 4.78 is 5.65. The van der Waals surface area contributed by atoms with Gasteiger partial charge in [-0.15, -0.1) is 0 Å². The highest BCUT2D eigenvalue weighted by Crippen LogP contribution is 2.26. The molecule has 0 fully saturated rings. The molecule has 1 heterocycles. The molecule has 4 nitrogen and oxygen atoms in total. The Bertz CT molecular complexity index is 750. The SMILES string of the molecule is CC(Oc1ccccc1Cl)C(=O)NCCCN1CCCc2ccccc21. The van der Waals surface area contributed by atoms with Crippen LogP contribution in [0.4, 0.5) is 5.69 Å². The summed E-state index contributed by atoms with van der Waals surface area (Å²) in [6.45, 7) is 4.39. The Balaban J connectivity index is 1.42. The van der Waals surface area contributed by atoms with Crippen molar-refractivity contribution in [2.24, 2.45) is 0 Å². The monoisotopic (exact) mass is 372 g/mol. The highest BCUT2D eigenvalue weighted by atomic mass is 35.5. The van der Waals surface area contributed by atoms with Gasteiger partial charge in [0.1, 0.15) is 5.75 Å². The average molecular weight is 373 g/mol. The minimum Gasteiger partial charge on any atom is -0.479 e. The van der Waals surface area contributed by atoms with Crippen molar-refractivity contribution < 1.29 is 9.53 Å². The lowest BCUT2D eigenvalue weighted by atomic mass is 10.0. The number of nitrogens with zero attached hydrogens (tertiary/aromatic N) is 1. The Morgan fingerprint density at radius 3 is 2.85 bits per heavy atom. The average Bonchev–Trinajstić information content (AvgIpc) is 2.67. The molecule has 1 atom stereocenters. The molecule has 1 aliphatic heterocycles. The number of fused-ring (bicyclic) bond motifs is 1. The van der Waals surface area contributed by atoms with Gasteiger partial charge in [-0.2, -0.15) is 0 Å². The second-order valence-electron chi connectivity index (χ2n) is 6.55. The topological polar surface area (TPSA) is 41.6 Å². The molecule has 3 rings (SSSR count). The molecule has 0 spiro atoms. The third-order valence-corrected chi connectivity index (χ3v) is 4.93. The highest BCUT2D eigenvalue weighted by Gasteiger charge is 2.17. The van der Waals surface area contributed by atoms with Gasteiger partial charge in [-0.25, -0.2) is 0 Å². The van der Waals surface area contributed by atoms with Crippen LogP contribution in [0, 0.1) is 0 Å². The summed E-state index contributed by atoms with van der Waals surface area (Å²) in [5.74, 6) is 0.408. The maximum atomic E-state index is 12.2. The molecular weight excluding hydrogens is 348 g/mol. The van der Waals surface area contributed by atoms with Crippen LogP contribution in [0.1, 0.15) is 25.3 Å². The number of ether oxygens (including phenoxy) is 1. The van der Waals surface area contributed by atoms with Gasteiger partial charge in [0.05, 0.1) is 5.02 Å². The first-order valence-electron chi connectivity index (χ1n) is 9.17. The van der Waals surface area contributed by atoms with Crippen molar-refractivity contribution in [3.05, 3.63) is 59.1 Å². The molecule has 0 aliphatic carbocycles. The van der Waals surface area contributed by atoms with Gasteiger partial charge in [0.15, 0.2) is 6.10 Å². The summed E-state index contributed by atoms with van der Waals surface area (Å²) in [4.78, 5) is 14.6.